The molecule has 0 aliphatic heterocycles. The quantitative estimate of drug-likeness (QED) is 0.801. The first-order chi connectivity index (χ1) is 9.52. The predicted octanol–water partition coefficient (Wildman–Crippen LogP) is 3.90. The van der Waals surface area contributed by atoms with Gasteiger partial charge in [0, 0.05) is 25.0 Å². The van der Waals surface area contributed by atoms with Crippen molar-refractivity contribution in [3.05, 3.63) is 40.8 Å². The van der Waals surface area contributed by atoms with Gasteiger partial charge in [0.25, 0.3) is 5.91 Å². The maximum atomic E-state index is 13.1. The van der Waals surface area contributed by atoms with Crippen molar-refractivity contribution in [1.29, 1.82) is 0 Å². The fourth-order valence-corrected chi connectivity index (χ4v) is 2.20. The van der Waals surface area contributed by atoms with Crippen molar-refractivity contribution in [2.24, 2.45) is 0 Å². The van der Waals surface area contributed by atoms with Gasteiger partial charge in [-0.05, 0) is 24.6 Å². The number of carbonyl (C=O) groups excluding carboxylic acids is 1. The number of benzene rings is 1. The van der Waals surface area contributed by atoms with Gasteiger partial charge in [-0.3, -0.25) is 4.79 Å². The van der Waals surface area contributed by atoms with E-state index in [4.69, 9.17) is 11.6 Å². The molecule has 20 heavy (non-hydrogen) atoms. The van der Waals surface area contributed by atoms with Gasteiger partial charge in [0.1, 0.15) is 11.0 Å². The third-order valence-electron chi connectivity index (χ3n) is 3.16. The molecule has 0 atom stereocenters. The molecule has 0 saturated heterocycles. The van der Waals surface area contributed by atoms with E-state index < -0.39 is 0 Å². The molecule has 0 unspecified atom stereocenters. The van der Waals surface area contributed by atoms with E-state index in [2.05, 4.69) is 11.9 Å². The van der Waals surface area contributed by atoms with Crippen molar-refractivity contribution in [2.75, 3.05) is 13.6 Å². The maximum Gasteiger partial charge on any atom is 0.256 e. The van der Waals surface area contributed by atoms with E-state index in [0.717, 1.165) is 12.8 Å². The Bertz CT molecular complexity index is 645. The van der Waals surface area contributed by atoms with Crippen molar-refractivity contribution < 1.29 is 9.18 Å². The van der Waals surface area contributed by atoms with Crippen molar-refractivity contribution in [3.63, 3.8) is 0 Å². The summed E-state index contributed by atoms with van der Waals surface area (Å²) in [5.41, 5.74) is 0.798. The molecule has 106 valence electrons. The van der Waals surface area contributed by atoms with Crippen LogP contribution in [0.15, 0.2) is 24.3 Å². The van der Waals surface area contributed by atoms with Crippen molar-refractivity contribution in [1.82, 2.24) is 9.88 Å². The predicted molar refractivity (Wildman–Crippen MR) is 78.6 cm³/mol. The summed E-state index contributed by atoms with van der Waals surface area (Å²) in [5, 5.41) is 0.805. The monoisotopic (exact) mass is 294 g/mol. The molecular formula is C15H16ClFN2O. The van der Waals surface area contributed by atoms with Crippen LogP contribution in [-0.4, -0.2) is 29.4 Å². The lowest BCUT2D eigenvalue weighted by molar-refractivity contribution is 0.0793. The number of rotatable bonds is 4. The number of unbranched alkanes of at least 4 members (excludes halogenated alkanes) is 1. The Labute approximate surface area is 122 Å². The highest BCUT2D eigenvalue weighted by molar-refractivity contribution is 6.33. The lowest BCUT2D eigenvalue weighted by Crippen LogP contribution is -2.28. The Kier molecular flexibility index (Phi) is 4.55. The number of carbonyl (C=O) groups is 1. The Morgan fingerprint density at radius 1 is 1.40 bits per heavy atom. The van der Waals surface area contributed by atoms with Gasteiger partial charge in [-0.15, -0.1) is 0 Å². The second kappa shape index (κ2) is 6.18. The molecule has 2 rings (SSSR count). The zero-order valence-corrected chi connectivity index (χ0v) is 12.2. The molecular weight excluding hydrogens is 279 g/mol. The molecule has 2 aromatic rings. The Balaban J connectivity index is 2.36. The smallest absolute Gasteiger partial charge is 0.256 e. The van der Waals surface area contributed by atoms with Crippen LogP contribution in [0, 0.1) is 5.82 Å². The summed E-state index contributed by atoms with van der Waals surface area (Å²) in [7, 11) is 1.74. The lowest BCUT2D eigenvalue weighted by atomic mass is 10.1. The van der Waals surface area contributed by atoms with Gasteiger partial charge < -0.3 is 4.90 Å². The number of halogens is 2. The third-order valence-corrected chi connectivity index (χ3v) is 3.45. The molecule has 0 saturated carbocycles. The number of amides is 1. The summed E-state index contributed by atoms with van der Waals surface area (Å²) in [4.78, 5) is 18.0. The average molecular weight is 295 g/mol. The first kappa shape index (κ1) is 14.7. The molecule has 1 aromatic heterocycles. The topological polar surface area (TPSA) is 33.2 Å². The number of aromatic nitrogens is 1. The molecule has 0 aliphatic rings. The second-order valence-corrected chi connectivity index (χ2v) is 5.10. The molecule has 1 amide bonds. The largest absolute Gasteiger partial charge is 0.342 e. The van der Waals surface area contributed by atoms with Crippen LogP contribution in [0.1, 0.15) is 30.1 Å². The molecule has 3 nitrogen and oxygen atoms in total. The van der Waals surface area contributed by atoms with E-state index in [9.17, 15) is 9.18 Å². The van der Waals surface area contributed by atoms with Gasteiger partial charge in [-0.1, -0.05) is 24.9 Å². The minimum absolute atomic E-state index is 0.108. The highest BCUT2D eigenvalue weighted by Crippen LogP contribution is 2.22. The van der Waals surface area contributed by atoms with Gasteiger partial charge in [-0.2, -0.15) is 0 Å². The van der Waals surface area contributed by atoms with Gasteiger partial charge in [0.2, 0.25) is 0 Å². The highest BCUT2D eigenvalue weighted by atomic mass is 35.5. The summed E-state index contributed by atoms with van der Waals surface area (Å²) in [6.45, 7) is 2.74. The highest BCUT2D eigenvalue weighted by Gasteiger charge is 2.17. The van der Waals surface area contributed by atoms with Crippen molar-refractivity contribution in [2.45, 2.75) is 19.8 Å². The number of pyridine rings is 1. The normalized spacial score (nSPS) is 10.8. The van der Waals surface area contributed by atoms with Crippen LogP contribution in [0.5, 0.6) is 0 Å². The van der Waals surface area contributed by atoms with Crippen LogP contribution < -0.4 is 0 Å². The molecule has 5 heteroatoms. The number of hydrogen-bond acceptors (Lipinski definition) is 2. The van der Waals surface area contributed by atoms with Crippen molar-refractivity contribution >= 4 is 28.4 Å². The van der Waals surface area contributed by atoms with Gasteiger partial charge in [0.05, 0.1) is 11.1 Å². The first-order valence-electron chi connectivity index (χ1n) is 6.54. The first-order valence-corrected chi connectivity index (χ1v) is 6.92. The summed E-state index contributed by atoms with van der Waals surface area (Å²) in [6.07, 6.45) is 1.95. The average Bonchev–Trinajstić information content (AvgIpc) is 2.43. The molecule has 0 spiro atoms. The molecule has 1 heterocycles. The minimum atomic E-state index is -0.375. The second-order valence-electron chi connectivity index (χ2n) is 4.74. The lowest BCUT2D eigenvalue weighted by Gasteiger charge is -2.17. The number of fused-ring (bicyclic) bond motifs is 1. The van der Waals surface area contributed by atoms with Gasteiger partial charge >= 0.3 is 0 Å². The van der Waals surface area contributed by atoms with Crippen LogP contribution in [0.2, 0.25) is 5.15 Å². The van der Waals surface area contributed by atoms with Crippen LogP contribution in [0.4, 0.5) is 4.39 Å². The molecule has 0 bridgehead atoms. The minimum Gasteiger partial charge on any atom is -0.342 e. The zero-order valence-electron chi connectivity index (χ0n) is 11.5. The van der Waals surface area contributed by atoms with E-state index in [1.807, 2.05) is 0 Å². The number of nitrogens with zero attached hydrogens (tertiary/aromatic N) is 2. The maximum absolute atomic E-state index is 13.1. The standard InChI is InChI=1S/C15H16ClFN2O/c1-3-4-7-19(2)15(20)12-8-10-5-6-11(17)9-13(10)18-14(12)16/h5-6,8-9H,3-4,7H2,1-2H3. The fraction of sp³-hybridized carbons (Fsp3) is 0.333. The van der Waals surface area contributed by atoms with Gasteiger partial charge in [0.15, 0.2) is 0 Å². The Morgan fingerprint density at radius 2 is 2.15 bits per heavy atom. The summed E-state index contributed by atoms with van der Waals surface area (Å²) in [5.74, 6) is -0.539. The van der Waals surface area contributed by atoms with E-state index in [-0.39, 0.29) is 16.9 Å². The van der Waals surface area contributed by atoms with Crippen LogP contribution in [-0.2, 0) is 0 Å². The molecule has 1 aromatic carbocycles. The number of hydrogen-bond donors (Lipinski definition) is 0. The Hall–Kier alpha value is -1.68. The van der Waals surface area contributed by atoms with Crippen molar-refractivity contribution in [3.8, 4) is 0 Å². The van der Waals surface area contributed by atoms with Crippen LogP contribution in [0.25, 0.3) is 10.9 Å². The van der Waals surface area contributed by atoms with E-state index in [1.54, 1.807) is 24.1 Å². The molecule has 0 aliphatic carbocycles. The van der Waals surface area contributed by atoms with Crippen LogP contribution >= 0.6 is 11.6 Å². The third kappa shape index (κ3) is 3.07. The van der Waals surface area contributed by atoms with E-state index >= 15 is 0 Å². The van der Waals surface area contributed by atoms with Crippen LogP contribution in [0.3, 0.4) is 0 Å². The Morgan fingerprint density at radius 3 is 2.85 bits per heavy atom. The zero-order chi connectivity index (χ0) is 14.7. The molecule has 0 radical (unpaired) electrons. The SMILES string of the molecule is CCCCN(C)C(=O)c1cc2ccc(F)cc2nc1Cl. The molecule has 0 N–H and O–H groups in total. The summed E-state index contributed by atoms with van der Waals surface area (Å²) < 4.78 is 13.1. The summed E-state index contributed by atoms with van der Waals surface area (Å²) >= 11 is 6.05. The summed E-state index contributed by atoms with van der Waals surface area (Å²) in [6, 6.07) is 5.90. The van der Waals surface area contributed by atoms with Gasteiger partial charge in [-0.25, -0.2) is 9.37 Å². The van der Waals surface area contributed by atoms with E-state index in [1.165, 1.54) is 12.1 Å². The fourth-order valence-electron chi connectivity index (χ4n) is 1.97. The van der Waals surface area contributed by atoms with E-state index in [0.29, 0.717) is 23.0 Å². The molecule has 0 fully saturated rings.